The van der Waals surface area contributed by atoms with E-state index in [1.165, 1.54) is 12.1 Å². The number of benzene rings is 1. The summed E-state index contributed by atoms with van der Waals surface area (Å²) >= 11 is 0. The van der Waals surface area contributed by atoms with Crippen LogP contribution in [0.1, 0.15) is 51.4 Å². The molecule has 3 atom stereocenters. The van der Waals surface area contributed by atoms with Crippen molar-refractivity contribution >= 4 is 11.6 Å². The molecule has 208 valence electrons. The Bertz CT molecular complexity index is 1160. The van der Waals surface area contributed by atoms with E-state index < -0.39 is 17.8 Å². The number of alkyl halides is 1. The van der Waals surface area contributed by atoms with Crippen LogP contribution < -0.4 is 10.2 Å². The molecule has 1 amide bonds. The van der Waals surface area contributed by atoms with E-state index in [-0.39, 0.29) is 43.8 Å². The molecule has 5 rings (SSSR count). The monoisotopic (exact) mass is 531 g/mol. The number of fused-ring (bicyclic) bond motifs is 1. The summed E-state index contributed by atoms with van der Waals surface area (Å²) in [5.41, 5.74) is 2.44. The van der Waals surface area contributed by atoms with Crippen molar-refractivity contribution in [2.24, 2.45) is 0 Å². The average molecular weight is 532 g/mol. The van der Waals surface area contributed by atoms with Crippen LogP contribution in [0, 0.1) is 11.6 Å². The number of carbonyl (C=O) groups is 1. The van der Waals surface area contributed by atoms with Gasteiger partial charge in [0.1, 0.15) is 17.8 Å². The zero-order valence-electron chi connectivity index (χ0n) is 21.8. The van der Waals surface area contributed by atoms with E-state index in [1.54, 1.807) is 6.20 Å². The fourth-order valence-electron chi connectivity index (χ4n) is 5.90. The molecule has 38 heavy (non-hydrogen) atoms. The fraction of sp³-hybridized carbons (Fsp3) is 0.586. The summed E-state index contributed by atoms with van der Waals surface area (Å²) < 4.78 is 41.4. The van der Waals surface area contributed by atoms with Crippen molar-refractivity contribution in [2.75, 3.05) is 50.7 Å². The number of nitrogens with zero attached hydrogens (tertiary/aromatic N) is 4. The van der Waals surface area contributed by atoms with Gasteiger partial charge in [0.25, 0.3) is 0 Å². The standard InChI is InChI=1S/C28H36F3N5O.CH4/c1-18-13-35(23(12-32-18)15-34-7-6-22(30)14-34)16-26(37)36-17-28(2,3)27-25(36)9-19(11-33-27)8-20-4-5-21(29)10-24(20)31;/h4-5,9-11,18,22-23,32H,6-8,12-17H2,1-3H3;1H4/t18-,22+,23-;/m1./s1. The highest BCUT2D eigenvalue weighted by molar-refractivity contribution is 5.97. The van der Waals surface area contributed by atoms with E-state index >= 15 is 0 Å². The lowest BCUT2D eigenvalue weighted by atomic mass is 9.91. The quantitative estimate of drug-likeness (QED) is 0.613. The van der Waals surface area contributed by atoms with Crippen molar-refractivity contribution in [3.05, 3.63) is 58.9 Å². The lowest BCUT2D eigenvalue weighted by molar-refractivity contribution is -0.120. The molecule has 0 saturated carbocycles. The summed E-state index contributed by atoms with van der Waals surface area (Å²) in [5, 5.41) is 3.51. The van der Waals surface area contributed by atoms with Gasteiger partial charge in [0.2, 0.25) is 5.91 Å². The maximum atomic E-state index is 14.3. The molecular weight excluding hydrogens is 491 g/mol. The number of hydrogen-bond acceptors (Lipinski definition) is 5. The first-order valence-electron chi connectivity index (χ1n) is 13.2. The molecule has 3 aliphatic rings. The van der Waals surface area contributed by atoms with Crippen molar-refractivity contribution in [1.29, 1.82) is 0 Å². The van der Waals surface area contributed by atoms with E-state index in [9.17, 15) is 18.0 Å². The van der Waals surface area contributed by atoms with Crippen LogP contribution in [0.3, 0.4) is 0 Å². The summed E-state index contributed by atoms with van der Waals surface area (Å²) in [6.07, 6.45) is 1.79. The van der Waals surface area contributed by atoms with Crippen LogP contribution >= 0.6 is 0 Å². The number of hydrogen-bond donors (Lipinski definition) is 1. The normalized spacial score (nSPS) is 25.3. The number of pyridine rings is 1. The van der Waals surface area contributed by atoms with Crippen LogP contribution in [0.4, 0.5) is 18.9 Å². The lowest BCUT2D eigenvalue weighted by Crippen LogP contribution is -2.60. The summed E-state index contributed by atoms with van der Waals surface area (Å²) in [5.74, 6) is -1.20. The van der Waals surface area contributed by atoms with Gasteiger partial charge in [0.05, 0.1) is 17.9 Å². The molecule has 3 aliphatic heterocycles. The Balaban J connectivity index is 0.00000336. The molecule has 0 unspecified atom stereocenters. The van der Waals surface area contributed by atoms with Crippen molar-refractivity contribution in [1.82, 2.24) is 20.1 Å². The molecule has 6 nitrogen and oxygen atoms in total. The van der Waals surface area contributed by atoms with E-state index in [1.807, 2.05) is 11.0 Å². The molecule has 2 fully saturated rings. The smallest absolute Gasteiger partial charge is 0.241 e. The number of amides is 1. The average Bonchev–Trinajstić information content (AvgIpc) is 3.37. The molecule has 1 aromatic heterocycles. The Hall–Kier alpha value is -2.49. The number of rotatable bonds is 6. The molecule has 0 spiro atoms. The first kappa shape index (κ1) is 28.5. The predicted octanol–water partition coefficient (Wildman–Crippen LogP) is 3.92. The van der Waals surface area contributed by atoms with E-state index in [2.05, 4.69) is 40.9 Å². The van der Waals surface area contributed by atoms with Crippen molar-refractivity contribution in [2.45, 2.75) is 64.7 Å². The van der Waals surface area contributed by atoms with Gasteiger partial charge >= 0.3 is 0 Å². The molecule has 1 aromatic carbocycles. The highest BCUT2D eigenvalue weighted by Crippen LogP contribution is 2.40. The van der Waals surface area contributed by atoms with Crippen LogP contribution in [-0.4, -0.2) is 84.8 Å². The van der Waals surface area contributed by atoms with Crippen molar-refractivity contribution in [3.8, 4) is 0 Å². The molecular formula is C29H40F3N5O. The molecule has 0 radical (unpaired) electrons. The van der Waals surface area contributed by atoms with Crippen LogP contribution in [0.25, 0.3) is 0 Å². The summed E-state index contributed by atoms with van der Waals surface area (Å²) in [6.45, 7) is 10.5. The second-order valence-electron chi connectivity index (χ2n) is 11.5. The van der Waals surface area contributed by atoms with Gasteiger partial charge in [-0.3, -0.25) is 19.6 Å². The number of likely N-dealkylation sites (tertiary alicyclic amines) is 1. The van der Waals surface area contributed by atoms with Crippen LogP contribution in [-0.2, 0) is 16.6 Å². The largest absolute Gasteiger partial charge is 0.311 e. The van der Waals surface area contributed by atoms with Gasteiger partial charge in [-0.05, 0) is 36.6 Å². The van der Waals surface area contributed by atoms with Gasteiger partial charge in [0.15, 0.2) is 0 Å². The number of nitrogens with one attached hydrogen (secondary N) is 1. The number of halogens is 3. The third-order valence-corrected chi connectivity index (χ3v) is 7.87. The Labute approximate surface area is 224 Å². The predicted molar refractivity (Wildman–Crippen MR) is 144 cm³/mol. The zero-order chi connectivity index (χ0) is 26.3. The molecule has 0 bridgehead atoms. The van der Waals surface area contributed by atoms with Crippen LogP contribution in [0.2, 0.25) is 0 Å². The topological polar surface area (TPSA) is 51.7 Å². The number of piperazine rings is 1. The first-order valence-corrected chi connectivity index (χ1v) is 13.2. The summed E-state index contributed by atoms with van der Waals surface area (Å²) in [7, 11) is 0. The second-order valence-corrected chi connectivity index (χ2v) is 11.5. The Morgan fingerprint density at radius 3 is 2.71 bits per heavy atom. The third kappa shape index (κ3) is 6.05. The Morgan fingerprint density at radius 1 is 1.21 bits per heavy atom. The summed E-state index contributed by atoms with van der Waals surface area (Å²) in [4.78, 5) is 24.6. The van der Waals surface area contributed by atoms with E-state index in [0.29, 0.717) is 25.1 Å². The first-order chi connectivity index (χ1) is 17.6. The van der Waals surface area contributed by atoms with Gasteiger partial charge in [0, 0.05) is 75.5 Å². The number of carbonyl (C=O) groups excluding carboxylic acids is 1. The van der Waals surface area contributed by atoms with Gasteiger partial charge in [-0.2, -0.15) is 0 Å². The second kappa shape index (κ2) is 11.3. The van der Waals surface area contributed by atoms with E-state index in [4.69, 9.17) is 0 Å². The lowest BCUT2D eigenvalue weighted by Gasteiger charge is -2.41. The number of anilines is 1. The molecule has 9 heteroatoms. The van der Waals surface area contributed by atoms with Gasteiger partial charge in [-0.1, -0.05) is 27.3 Å². The van der Waals surface area contributed by atoms with Gasteiger partial charge in [-0.25, -0.2) is 13.2 Å². The maximum absolute atomic E-state index is 14.3. The van der Waals surface area contributed by atoms with Crippen molar-refractivity contribution in [3.63, 3.8) is 0 Å². The zero-order valence-corrected chi connectivity index (χ0v) is 21.8. The van der Waals surface area contributed by atoms with Gasteiger partial charge < -0.3 is 10.2 Å². The van der Waals surface area contributed by atoms with Crippen molar-refractivity contribution < 1.29 is 18.0 Å². The summed E-state index contributed by atoms with van der Waals surface area (Å²) in [6, 6.07) is 5.89. The fourth-order valence-corrected chi connectivity index (χ4v) is 5.90. The molecule has 0 aliphatic carbocycles. The molecule has 1 N–H and O–H groups in total. The highest BCUT2D eigenvalue weighted by Gasteiger charge is 2.41. The third-order valence-electron chi connectivity index (χ3n) is 7.87. The number of aromatic nitrogens is 1. The van der Waals surface area contributed by atoms with E-state index in [0.717, 1.165) is 49.2 Å². The minimum atomic E-state index is -0.765. The highest BCUT2D eigenvalue weighted by atomic mass is 19.1. The maximum Gasteiger partial charge on any atom is 0.241 e. The van der Waals surface area contributed by atoms with Crippen LogP contribution in [0.5, 0.6) is 0 Å². The Morgan fingerprint density at radius 2 is 2.00 bits per heavy atom. The minimum absolute atomic E-state index is 0. The molecule has 2 aromatic rings. The molecule has 2 saturated heterocycles. The molecule has 4 heterocycles. The van der Waals surface area contributed by atoms with Gasteiger partial charge in [-0.15, -0.1) is 0 Å². The van der Waals surface area contributed by atoms with Crippen LogP contribution in [0.15, 0.2) is 30.5 Å². The minimum Gasteiger partial charge on any atom is -0.311 e. The SMILES string of the molecule is C.C[C@@H]1CN(CC(=O)N2CC(C)(C)c3ncc(Cc4ccc(F)cc4F)cc32)[C@@H](CN2CC[C@H](F)C2)CN1. The Kier molecular flexibility index (Phi) is 8.49.